The molecule has 96 valence electrons. The molecule has 0 amide bonds. The molecule has 1 aromatic carbocycles. The molecule has 0 saturated carbocycles. The van der Waals surface area contributed by atoms with Crippen LogP contribution in [0.15, 0.2) is 39.9 Å². The lowest BCUT2D eigenvalue weighted by Crippen LogP contribution is -2.24. The van der Waals surface area contributed by atoms with E-state index < -0.39 is 10.0 Å². The maximum absolute atomic E-state index is 12.2. The van der Waals surface area contributed by atoms with E-state index in [0.29, 0.717) is 5.56 Å². The summed E-state index contributed by atoms with van der Waals surface area (Å²) >= 11 is 1.53. The van der Waals surface area contributed by atoms with Gasteiger partial charge in [0.05, 0.1) is 5.69 Å². The predicted octanol–water partition coefficient (Wildman–Crippen LogP) is 2.12. The van der Waals surface area contributed by atoms with Crippen molar-refractivity contribution in [2.75, 3.05) is 5.73 Å². The van der Waals surface area contributed by atoms with Gasteiger partial charge in [-0.25, -0.2) is 13.1 Å². The van der Waals surface area contributed by atoms with Crippen molar-refractivity contribution in [2.45, 2.75) is 18.4 Å². The average Bonchev–Trinajstić information content (AvgIpc) is 2.78. The molecular formula is C12H14N2O2S2. The lowest BCUT2D eigenvalue weighted by atomic mass is 10.2. The molecule has 0 bridgehead atoms. The summed E-state index contributed by atoms with van der Waals surface area (Å²) in [5.41, 5.74) is 7.60. The number of anilines is 1. The average molecular weight is 282 g/mol. The van der Waals surface area contributed by atoms with Crippen LogP contribution < -0.4 is 10.5 Å². The highest BCUT2D eigenvalue weighted by molar-refractivity contribution is 7.89. The van der Waals surface area contributed by atoms with Crippen LogP contribution >= 0.6 is 11.3 Å². The zero-order chi connectivity index (χ0) is 13.2. The second-order valence-corrected chi connectivity index (χ2v) is 6.43. The van der Waals surface area contributed by atoms with E-state index in [9.17, 15) is 8.42 Å². The third-order valence-corrected chi connectivity index (χ3v) is 4.91. The number of rotatable bonds is 4. The number of hydrogen-bond acceptors (Lipinski definition) is 4. The van der Waals surface area contributed by atoms with Gasteiger partial charge in [-0.15, -0.1) is 0 Å². The van der Waals surface area contributed by atoms with Gasteiger partial charge in [-0.1, -0.05) is 12.1 Å². The molecule has 6 heteroatoms. The van der Waals surface area contributed by atoms with Gasteiger partial charge >= 0.3 is 0 Å². The van der Waals surface area contributed by atoms with Gasteiger partial charge in [0.1, 0.15) is 4.90 Å². The van der Waals surface area contributed by atoms with Crippen LogP contribution in [0.25, 0.3) is 0 Å². The molecule has 0 spiro atoms. The smallest absolute Gasteiger partial charge is 0.243 e. The first-order valence-electron chi connectivity index (χ1n) is 5.36. The van der Waals surface area contributed by atoms with Crippen LogP contribution in [0.1, 0.15) is 11.1 Å². The molecule has 18 heavy (non-hydrogen) atoms. The van der Waals surface area contributed by atoms with Crippen LogP contribution in [-0.2, 0) is 16.6 Å². The Kier molecular flexibility index (Phi) is 3.70. The van der Waals surface area contributed by atoms with Crippen molar-refractivity contribution in [2.24, 2.45) is 0 Å². The Balaban J connectivity index is 2.26. The molecule has 3 N–H and O–H groups in total. The molecule has 0 radical (unpaired) electrons. The second kappa shape index (κ2) is 5.09. The summed E-state index contributed by atoms with van der Waals surface area (Å²) in [5, 5.41) is 3.81. The molecule has 0 atom stereocenters. The highest BCUT2D eigenvalue weighted by Gasteiger charge is 2.19. The van der Waals surface area contributed by atoms with Crippen LogP contribution in [-0.4, -0.2) is 8.42 Å². The number of sulfonamides is 1. The van der Waals surface area contributed by atoms with E-state index in [1.54, 1.807) is 25.1 Å². The molecule has 0 fully saturated rings. The summed E-state index contributed by atoms with van der Waals surface area (Å²) in [6, 6.07) is 6.94. The van der Waals surface area contributed by atoms with Gasteiger partial charge in [0, 0.05) is 6.54 Å². The fraction of sp³-hybridized carbons (Fsp3) is 0.167. The SMILES string of the molecule is Cc1cccc(N)c1S(=O)(=O)NCc1ccsc1. The van der Waals surface area contributed by atoms with Crippen molar-refractivity contribution in [3.63, 3.8) is 0 Å². The minimum atomic E-state index is -3.57. The minimum absolute atomic E-state index is 0.167. The Morgan fingerprint density at radius 1 is 1.33 bits per heavy atom. The predicted molar refractivity (Wildman–Crippen MR) is 73.9 cm³/mol. The van der Waals surface area contributed by atoms with Gasteiger partial charge in [-0.05, 0) is 40.9 Å². The van der Waals surface area contributed by atoms with Crippen molar-refractivity contribution in [3.8, 4) is 0 Å². The summed E-state index contributed by atoms with van der Waals surface area (Å²) in [7, 11) is -3.57. The van der Waals surface area contributed by atoms with Crippen LogP contribution in [0.4, 0.5) is 5.69 Å². The van der Waals surface area contributed by atoms with Gasteiger partial charge in [0.25, 0.3) is 0 Å². The number of nitrogen functional groups attached to an aromatic ring is 1. The van der Waals surface area contributed by atoms with E-state index in [-0.39, 0.29) is 17.1 Å². The molecule has 0 unspecified atom stereocenters. The van der Waals surface area contributed by atoms with Gasteiger partial charge < -0.3 is 5.73 Å². The summed E-state index contributed by atoms with van der Waals surface area (Å²) in [6.45, 7) is 2.01. The Bertz CT molecular complexity index is 614. The quantitative estimate of drug-likeness (QED) is 0.844. The summed E-state index contributed by atoms with van der Waals surface area (Å²) in [4.78, 5) is 0.167. The third kappa shape index (κ3) is 2.72. The second-order valence-electron chi connectivity index (χ2n) is 3.95. The highest BCUT2D eigenvalue weighted by atomic mass is 32.2. The topological polar surface area (TPSA) is 72.2 Å². The van der Waals surface area contributed by atoms with Gasteiger partial charge in [0.15, 0.2) is 0 Å². The van der Waals surface area contributed by atoms with Crippen molar-refractivity contribution >= 4 is 27.0 Å². The van der Waals surface area contributed by atoms with Gasteiger partial charge in [-0.2, -0.15) is 11.3 Å². The van der Waals surface area contributed by atoms with Gasteiger partial charge in [-0.3, -0.25) is 0 Å². The first kappa shape index (κ1) is 13.1. The number of thiophene rings is 1. The maximum Gasteiger partial charge on any atom is 0.243 e. The number of hydrogen-bond donors (Lipinski definition) is 2. The highest BCUT2D eigenvalue weighted by Crippen LogP contribution is 2.22. The molecular weight excluding hydrogens is 268 g/mol. The van der Waals surface area contributed by atoms with E-state index in [0.717, 1.165) is 5.56 Å². The minimum Gasteiger partial charge on any atom is -0.398 e. The van der Waals surface area contributed by atoms with Crippen LogP contribution in [0.5, 0.6) is 0 Å². The standard InChI is InChI=1S/C12H14N2O2S2/c1-9-3-2-4-11(13)12(9)18(15,16)14-7-10-5-6-17-8-10/h2-6,8,14H,7,13H2,1H3. The fourth-order valence-corrected chi connectivity index (χ4v) is 3.73. The maximum atomic E-state index is 12.2. The Morgan fingerprint density at radius 2 is 2.11 bits per heavy atom. The van der Waals surface area contributed by atoms with Crippen molar-refractivity contribution in [3.05, 3.63) is 46.2 Å². The molecule has 0 aliphatic carbocycles. The van der Waals surface area contributed by atoms with Crippen LogP contribution in [0.3, 0.4) is 0 Å². The zero-order valence-electron chi connectivity index (χ0n) is 9.88. The first-order chi connectivity index (χ1) is 8.50. The number of nitrogens with two attached hydrogens (primary N) is 1. The van der Waals surface area contributed by atoms with E-state index in [2.05, 4.69) is 4.72 Å². The number of benzene rings is 1. The van der Waals surface area contributed by atoms with E-state index >= 15 is 0 Å². The van der Waals surface area contributed by atoms with Crippen molar-refractivity contribution < 1.29 is 8.42 Å². The molecule has 4 nitrogen and oxygen atoms in total. The lowest BCUT2D eigenvalue weighted by Gasteiger charge is -2.11. The van der Waals surface area contributed by atoms with Gasteiger partial charge in [0.2, 0.25) is 10.0 Å². The first-order valence-corrected chi connectivity index (χ1v) is 7.79. The van der Waals surface area contributed by atoms with Crippen LogP contribution in [0, 0.1) is 6.92 Å². The molecule has 2 aromatic rings. The summed E-state index contributed by atoms with van der Waals surface area (Å²) in [5.74, 6) is 0. The van der Waals surface area contributed by atoms with E-state index in [4.69, 9.17) is 5.73 Å². The Hall–Kier alpha value is -1.37. The normalized spacial score (nSPS) is 11.6. The van der Waals surface area contributed by atoms with E-state index in [1.807, 2.05) is 16.8 Å². The van der Waals surface area contributed by atoms with Crippen molar-refractivity contribution in [1.82, 2.24) is 4.72 Å². The molecule has 0 aliphatic heterocycles. The molecule has 2 rings (SSSR count). The zero-order valence-corrected chi connectivity index (χ0v) is 11.5. The monoisotopic (exact) mass is 282 g/mol. The van der Waals surface area contributed by atoms with Crippen molar-refractivity contribution in [1.29, 1.82) is 0 Å². The summed E-state index contributed by atoms with van der Waals surface area (Å²) < 4.78 is 26.9. The van der Waals surface area contributed by atoms with E-state index in [1.165, 1.54) is 11.3 Å². The molecule has 0 aliphatic rings. The fourth-order valence-electron chi connectivity index (χ4n) is 1.69. The Morgan fingerprint density at radius 3 is 2.72 bits per heavy atom. The number of aryl methyl sites for hydroxylation is 1. The largest absolute Gasteiger partial charge is 0.398 e. The molecule has 1 heterocycles. The lowest BCUT2D eigenvalue weighted by molar-refractivity contribution is 0.581. The molecule has 1 aromatic heterocycles. The number of nitrogens with one attached hydrogen (secondary N) is 1. The molecule has 0 saturated heterocycles. The Labute approximate surface area is 111 Å². The third-order valence-electron chi connectivity index (χ3n) is 2.56. The summed E-state index contributed by atoms with van der Waals surface area (Å²) in [6.07, 6.45) is 0. The van der Waals surface area contributed by atoms with Crippen LogP contribution in [0.2, 0.25) is 0 Å².